The van der Waals surface area contributed by atoms with E-state index >= 15 is 0 Å². The van der Waals surface area contributed by atoms with Gasteiger partial charge in [-0.25, -0.2) is 0 Å². The number of benzene rings is 1. The molecule has 14 heavy (non-hydrogen) atoms. The van der Waals surface area contributed by atoms with Crippen LogP contribution in [0.1, 0.15) is 20.8 Å². The van der Waals surface area contributed by atoms with E-state index in [0.29, 0.717) is 0 Å². The Bertz CT molecular complexity index is 314. The van der Waals surface area contributed by atoms with Crippen LogP contribution in [0.2, 0.25) is 0 Å². The van der Waals surface area contributed by atoms with Gasteiger partial charge in [-0.3, -0.25) is 0 Å². The van der Waals surface area contributed by atoms with Crippen LogP contribution in [0.3, 0.4) is 0 Å². The third kappa shape index (κ3) is 4.77. The van der Waals surface area contributed by atoms with Gasteiger partial charge in [0.25, 0.3) is 0 Å². The molecule has 0 aliphatic heterocycles. The monoisotopic (exact) mass is 272 g/mol. The Labute approximate surface area is 97.5 Å². The summed E-state index contributed by atoms with van der Waals surface area (Å²) in [5.41, 5.74) is 0.880. The standard InChI is InChI=1S/C10H13BrN2S/c1-10(2,3)14-13-12-9-6-4-8(11)5-7-9/h4-7H,1-3H3. The minimum atomic E-state index is 0.124. The molecule has 0 heterocycles. The van der Waals surface area contributed by atoms with E-state index in [1.54, 1.807) is 0 Å². The summed E-state index contributed by atoms with van der Waals surface area (Å²) < 4.78 is 5.25. The molecule has 1 rings (SSSR count). The minimum Gasteiger partial charge on any atom is -0.144 e. The van der Waals surface area contributed by atoms with Crippen LogP contribution in [0.15, 0.2) is 38.4 Å². The molecule has 1 aromatic carbocycles. The van der Waals surface area contributed by atoms with Gasteiger partial charge in [0.1, 0.15) is 0 Å². The summed E-state index contributed by atoms with van der Waals surface area (Å²) in [6.07, 6.45) is 0. The maximum atomic E-state index is 4.10. The molecule has 0 amide bonds. The van der Waals surface area contributed by atoms with E-state index in [2.05, 4.69) is 46.3 Å². The van der Waals surface area contributed by atoms with Crippen molar-refractivity contribution in [1.82, 2.24) is 0 Å². The number of hydrogen-bond donors (Lipinski definition) is 0. The zero-order valence-corrected chi connectivity index (χ0v) is 10.9. The average molecular weight is 273 g/mol. The molecule has 0 unspecified atom stereocenters. The fourth-order valence-electron chi connectivity index (χ4n) is 0.698. The quantitative estimate of drug-likeness (QED) is 0.551. The molecule has 0 atom stereocenters. The van der Waals surface area contributed by atoms with Gasteiger partial charge in [0.05, 0.1) is 5.69 Å². The van der Waals surface area contributed by atoms with Gasteiger partial charge in [-0.15, -0.1) is 9.63 Å². The van der Waals surface area contributed by atoms with Gasteiger partial charge in [-0.05, 0) is 45.0 Å². The van der Waals surface area contributed by atoms with Gasteiger partial charge in [0.2, 0.25) is 0 Å². The third-order valence-electron chi connectivity index (χ3n) is 1.30. The van der Waals surface area contributed by atoms with Crippen LogP contribution in [0.5, 0.6) is 0 Å². The van der Waals surface area contributed by atoms with E-state index < -0.39 is 0 Å². The van der Waals surface area contributed by atoms with Crippen molar-refractivity contribution in [2.45, 2.75) is 25.5 Å². The van der Waals surface area contributed by atoms with Crippen LogP contribution in [0.4, 0.5) is 5.69 Å². The van der Waals surface area contributed by atoms with Crippen molar-refractivity contribution in [2.75, 3.05) is 0 Å². The Morgan fingerprint density at radius 1 is 1.14 bits per heavy atom. The van der Waals surface area contributed by atoms with Crippen molar-refractivity contribution >= 4 is 33.6 Å². The van der Waals surface area contributed by atoms with Crippen LogP contribution in [-0.4, -0.2) is 4.75 Å². The minimum absolute atomic E-state index is 0.124. The topological polar surface area (TPSA) is 24.7 Å². The van der Waals surface area contributed by atoms with Crippen molar-refractivity contribution in [3.05, 3.63) is 28.7 Å². The summed E-state index contributed by atoms with van der Waals surface area (Å²) in [4.78, 5) is 0. The predicted molar refractivity (Wildman–Crippen MR) is 66.0 cm³/mol. The predicted octanol–water partition coefficient (Wildman–Crippen LogP) is 4.98. The molecule has 0 saturated heterocycles. The van der Waals surface area contributed by atoms with Crippen molar-refractivity contribution in [3.8, 4) is 0 Å². The molecule has 0 saturated carbocycles. The lowest BCUT2D eigenvalue weighted by molar-refractivity contribution is 0.802. The molecule has 0 aromatic heterocycles. The van der Waals surface area contributed by atoms with Crippen LogP contribution in [-0.2, 0) is 0 Å². The van der Waals surface area contributed by atoms with E-state index in [1.807, 2.05) is 24.3 Å². The van der Waals surface area contributed by atoms with Crippen LogP contribution < -0.4 is 0 Å². The van der Waals surface area contributed by atoms with E-state index in [9.17, 15) is 0 Å². The second kappa shape index (κ2) is 4.94. The molecule has 0 fully saturated rings. The first-order valence-electron chi connectivity index (χ1n) is 4.32. The summed E-state index contributed by atoms with van der Waals surface area (Å²) in [5, 5.41) is 4.10. The summed E-state index contributed by atoms with van der Waals surface area (Å²) in [6, 6.07) is 7.76. The lowest BCUT2D eigenvalue weighted by Gasteiger charge is -2.10. The molecule has 4 heteroatoms. The molecule has 0 radical (unpaired) electrons. The van der Waals surface area contributed by atoms with E-state index in [-0.39, 0.29) is 4.75 Å². The van der Waals surface area contributed by atoms with Gasteiger partial charge in [0.15, 0.2) is 0 Å². The molecule has 0 aliphatic carbocycles. The molecule has 0 spiro atoms. The highest BCUT2D eigenvalue weighted by Gasteiger charge is 2.09. The summed E-state index contributed by atoms with van der Waals surface area (Å²) in [5.74, 6) is 0. The zero-order valence-electron chi connectivity index (χ0n) is 8.49. The molecule has 0 bridgehead atoms. The SMILES string of the molecule is CC(C)(C)SN=Nc1ccc(Br)cc1. The Morgan fingerprint density at radius 3 is 2.21 bits per heavy atom. The number of hydrogen-bond acceptors (Lipinski definition) is 3. The van der Waals surface area contributed by atoms with Crippen molar-refractivity contribution in [3.63, 3.8) is 0 Å². The third-order valence-corrected chi connectivity index (χ3v) is 2.54. The Kier molecular flexibility index (Phi) is 4.13. The van der Waals surface area contributed by atoms with Crippen LogP contribution in [0.25, 0.3) is 0 Å². The first-order valence-corrected chi connectivity index (χ1v) is 5.89. The fraction of sp³-hybridized carbons (Fsp3) is 0.400. The van der Waals surface area contributed by atoms with Crippen LogP contribution >= 0.6 is 27.9 Å². The highest BCUT2D eigenvalue weighted by molar-refractivity contribution is 9.10. The van der Waals surface area contributed by atoms with E-state index in [4.69, 9.17) is 0 Å². The second-order valence-electron chi connectivity index (χ2n) is 3.86. The smallest absolute Gasteiger partial charge is 0.0864 e. The molecule has 1 aromatic rings. The van der Waals surface area contributed by atoms with Crippen molar-refractivity contribution in [1.29, 1.82) is 0 Å². The molecular weight excluding hydrogens is 260 g/mol. The molecule has 0 N–H and O–H groups in total. The number of nitrogens with zero attached hydrogens (tertiary/aromatic N) is 2. The summed E-state index contributed by atoms with van der Waals surface area (Å²) in [7, 11) is 0. The van der Waals surface area contributed by atoms with Gasteiger partial charge >= 0.3 is 0 Å². The van der Waals surface area contributed by atoms with Crippen molar-refractivity contribution in [2.24, 2.45) is 9.63 Å². The first kappa shape index (κ1) is 11.7. The normalized spacial score (nSPS) is 12.3. The Balaban J connectivity index is 2.57. The maximum Gasteiger partial charge on any atom is 0.0864 e. The second-order valence-corrected chi connectivity index (χ2v) is 6.35. The molecule has 2 nitrogen and oxygen atoms in total. The number of halogens is 1. The van der Waals surface area contributed by atoms with Gasteiger partial charge in [-0.2, -0.15) is 0 Å². The van der Waals surface area contributed by atoms with Gasteiger partial charge in [-0.1, -0.05) is 15.9 Å². The summed E-state index contributed by atoms with van der Waals surface area (Å²) in [6.45, 7) is 6.33. The lowest BCUT2D eigenvalue weighted by Crippen LogP contribution is -2.04. The van der Waals surface area contributed by atoms with Crippen LogP contribution in [0, 0.1) is 0 Å². The van der Waals surface area contributed by atoms with Gasteiger partial charge in [0, 0.05) is 21.2 Å². The highest BCUT2D eigenvalue weighted by atomic mass is 79.9. The van der Waals surface area contributed by atoms with E-state index in [1.165, 1.54) is 11.9 Å². The van der Waals surface area contributed by atoms with E-state index in [0.717, 1.165) is 10.2 Å². The number of rotatable bonds is 2. The molecular formula is C10H13BrN2S. The fourth-order valence-corrected chi connectivity index (χ4v) is 1.34. The maximum absolute atomic E-state index is 4.10. The first-order chi connectivity index (χ1) is 6.47. The Hall–Kier alpha value is -0.350. The molecule has 0 aliphatic rings. The van der Waals surface area contributed by atoms with Crippen molar-refractivity contribution < 1.29 is 0 Å². The largest absolute Gasteiger partial charge is 0.144 e. The lowest BCUT2D eigenvalue weighted by atomic mass is 10.3. The Morgan fingerprint density at radius 2 is 1.71 bits per heavy atom. The van der Waals surface area contributed by atoms with Gasteiger partial charge < -0.3 is 0 Å². The molecule has 76 valence electrons. The highest BCUT2D eigenvalue weighted by Crippen LogP contribution is 2.26. The average Bonchev–Trinajstić information content (AvgIpc) is 2.06. The summed E-state index contributed by atoms with van der Waals surface area (Å²) >= 11 is 4.85. The zero-order chi connectivity index (χ0) is 10.6.